The van der Waals surface area contributed by atoms with Gasteiger partial charge in [-0.25, -0.2) is 9.97 Å². The first kappa shape index (κ1) is 9.33. The van der Waals surface area contributed by atoms with Crippen LogP contribution in [-0.2, 0) is 13.0 Å². The van der Waals surface area contributed by atoms with E-state index in [4.69, 9.17) is 0 Å². The Bertz CT molecular complexity index is 338. The Kier molecular flexibility index (Phi) is 2.51. The number of hydrogen-bond donors (Lipinski definition) is 0. The van der Waals surface area contributed by atoms with E-state index in [1.165, 1.54) is 11.3 Å². The van der Waals surface area contributed by atoms with Crippen LogP contribution < -0.4 is 0 Å². The van der Waals surface area contributed by atoms with Gasteiger partial charge in [0.1, 0.15) is 0 Å². The van der Waals surface area contributed by atoms with Crippen LogP contribution in [0.15, 0.2) is 0 Å². The van der Waals surface area contributed by atoms with E-state index in [1.54, 1.807) is 0 Å². The van der Waals surface area contributed by atoms with Crippen LogP contribution in [0.5, 0.6) is 0 Å². The molecule has 1 aromatic heterocycles. The Hall–Kier alpha value is -0.230. The highest BCUT2D eigenvalue weighted by atomic mass is 127. The highest BCUT2D eigenvalue weighted by molar-refractivity contribution is 14.1. The van der Waals surface area contributed by atoms with Crippen molar-refractivity contribution in [3.05, 3.63) is 20.8 Å². The topological polar surface area (TPSA) is 29.0 Å². The fourth-order valence-corrected chi connectivity index (χ4v) is 2.33. The minimum absolute atomic E-state index is 0.874. The third-order valence-corrected chi connectivity index (χ3v) is 2.91. The van der Waals surface area contributed by atoms with Gasteiger partial charge < -0.3 is 4.90 Å². The Morgan fingerprint density at radius 3 is 2.92 bits per heavy atom. The lowest BCUT2D eigenvalue weighted by atomic mass is 10.1. The molecule has 0 aromatic carbocycles. The number of aryl methyl sites for hydroxylation is 1. The number of halogens is 1. The molecule has 0 saturated heterocycles. The lowest BCUT2D eigenvalue weighted by Crippen LogP contribution is -2.28. The van der Waals surface area contributed by atoms with E-state index in [1.807, 2.05) is 0 Å². The summed E-state index contributed by atoms with van der Waals surface area (Å²) in [6.07, 6.45) is 1.06. The molecule has 0 atom stereocenters. The standard InChI is InChI=1S/C9H12IN3/c1-6-7-5-13(2)4-3-8(7)12-9(10)11-6/h3-5H2,1-2H3. The van der Waals surface area contributed by atoms with Crippen LogP contribution in [0.2, 0.25) is 0 Å². The average molecular weight is 289 g/mol. The second kappa shape index (κ2) is 3.49. The highest BCUT2D eigenvalue weighted by Gasteiger charge is 2.17. The molecule has 0 bridgehead atoms. The molecule has 3 nitrogen and oxygen atoms in total. The lowest BCUT2D eigenvalue weighted by molar-refractivity contribution is 0.307. The monoisotopic (exact) mass is 289 g/mol. The van der Waals surface area contributed by atoms with E-state index in [0.29, 0.717) is 0 Å². The summed E-state index contributed by atoms with van der Waals surface area (Å²) in [6.45, 7) is 4.18. The number of likely N-dealkylation sites (N-methyl/N-ethyl adjacent to an activating group) is 1. The zero-order chi connectivity index (χ0) is 9.42. The molecule has 70 valence electrons. The summed E-state index contributed by atoms with van der Waals surface area (Å²) in [4.78, 5) is 11.1. The molecule has 0 unspecified atom stereocenters. The predicted molar refractivity (Wildman–Crippen MR) is 59.5 cm³/mol. The van der Waals surface area contributed by atoms with Crippen LogP contribution in [0.1, 0.15) is 17.0 Å². The fraction of sp³-hybridized carbons (Fsp3) is 0.556. The highest BCUT2D eigenvalue weighted by Crippen LogP contribution is 2.18. The van der Waals surface area contributed by atoms with Gasteiger partial charge in [0, 0.05) is 53.4 Å². The van der Waals surface area contributed by atoms with Crippen molar-refractivity contribution in [2.45, 2.75) is 19.9 Å². The smallest absolute Gasteiger partial charge is 0.191 e. The average Bonchev–Trinajstić information content (AvgIpc) is 2.06. The summed E-state index contributed by atoms with van der Waals surface area (Å²) < 4.78 is 0.874. The zero-order valence-corrected chi connectivity index (χ0v) is 10.00. The molecular formula is C9H12IN3. The van der Waals surface area contributed by atoms with E-state index in [-0.39, 0.29) is 0 Å². The normalized spacial score (nSPS) is 17.2. The number of rotatable bonds is 0. The maximum absolute atomic E-state index is 4.46. The number of aromatic nitrogens is 2. The Morgan fingerprint density at radius 1 is 1.38 bits per heavy atom. The van der Waals surface area contributed by atoms with Gasteiger partial charge in [-0.3, -0.25) is 0 Å². The van der Waals surface area contributed by atoms with E-state index < -0.39 is 0 Å². The molecule has 1 aromatic rings. The van der Waals surface area contributed by atoms with Gasteiger partial charge in [0.15, 0.2) is 3.83 Å². The summed E-state index contributed by atoms with van der Waals surface area (Å²) in [5.41, 5.74) is 3.71. The molecule has 13 heavy (non-hydrogen) atoms. The van der Waals surface area contributed by atoms with Gasteiger partial charge in [0.05, 0.1) is 5.69 Å². The van der Waals surface area contributed by atoms with Crippen molar-refractivity contribution in [2.75, 3.05) is 13.6 Å². The van der Waals surface area contributed by atoms with Crippen LogP contribution in [0.3, 0.4) is 0 Å². The first-order valence-corrected chi connectivity index (χ1v) is 5.45. The molecule has 0 N–H and O–H groups in total. The van der Waals surface area contributed by atoms with Crippen LogP contribution in [-0.4, -0.2) is 28.5 Å². The van der Waals surface area contributed by atoms with Crippen LogP contribution in [0, 0.1) is 10.8 Å². The van der Waals surface area contributed by atoms with Gasteiger partial charge in [-0.2, -0.15) is 0 Å². The second-order valence-electron chi connectivity index (χ2n) is 3.49. The summed E-state index contributed by atoms with van der Waals surface area (Å²) in [7, 11) is 2.14. The second-order valence-corrected chi connectivity index (χ2v) is 4.46. The third kappa shape index (κ3) is 1.83. The first-order valence-electron chi connectivity index (χ1n) is 4.37. The maximum Gasteiger partial charge on any atom is 0.191 e. The Labute approximate surface area is 91.7 Å². The van der Waals surface area contributed by atoms with Crippen molar-refractivity contribution in [3.8, 4) is 0 Å². The van der Waals surface area contributed by atoms with Gasteiger partial charge in [0.2, 0.25) is 0 Å². The van der Waals surface area contributed by atoms with Crippen LogP contribution >= 0.6 is 22.6 Å². The maximum atomic E-state index is 4.46. The van der Waals surface area contributed by atoms with Crippen molar-refractivity contribution < 1.29 is 0 Å². The quantitative estimate of drug-likeness (QED) is 0.534. The van der Waals surface area contributed by atoms with Crippen molar-refractivity contribution in [1.82, 2.24) is 14.9 Å². The molecular weight excluding hydrogens is 277 g/mol. The van der Waals surface area contributed by atoms with Gasteiger partial charge in [-0.05, 0) is 14.0 Å². The minimum atomic E-state index is 0.874. The van der Waals surface area contributed by atoms with E-state index in [9.17, 15) is 0 Å². The molecule has 1 aliphatic heterocycles. The zero-order valence-electron chi connectivity index (χ0n) is 7.84. The number of hydrogen-bond acceptors (Lipinski definition) is 3. The summed E-state index contributed by atoms with van der Waals surface area (Å²) >= 11 is 2.18. The Morgan fingerprint density at radius 2 is 2.15 bits per heavy atom. The molecule has 0 fully saturated rings. The van der Waals surface area contributed by atoms with Gasteiger partial charge >= 0.3 is 0 Å². The first-order chi connectivity index (χ1) is 6.16. The fourth-order valence-electron chi connectivity index (χ4n) is 1.68. The van der Waals surface area contributed by atoms with Crippen molar-refractivity contribution in [3.63, 3.8) is 0 Å². The number of fused-ring (bicyclic) bond motifs is 1. The largest absolute Gasteiger partial charge is 0.302 e. The molecule has 1 aliphatic rings. The van der Waals surface area contributed by atoms with E-state index in [0.717, 1.165) is 29.0 Å². The summed E-state index contributed by atoms with van der Waals surface area (Å²) in [5, 5.41) is 0. The molecule has 4 heteroatoms. The van der Waals surface area contributed by atoms with Gasteiger partial charge in [0.25, 0.3) is 0 Å². The summed E-state index contributed by atoms with van der Waals surface area (Å²) in [5.74, 6) is 0. The van der Waals surface area contributed by atoms with E-state index in [2.05, 4.69) is 51.4 Å². The molecule has 2 rings (SSSR count). The molecule has 0 saturated carbocycles. The predicted octanol–water partition coefficient (Wildman–Crippen LogP) is 1.38. The van der Waals surface area contributed by atoms with Gasteiger partial charge in [-0.15, -0.1) is 0 Å². The summed E-state index contributed by atoms with van der Waals surface area (Å²) in [6, 6.07) is 0. The third-order valence-electron chi connectivity index (χ3n) is 2.43. The van der Waals surface area contributed by atoms with Gasteiger partial charge in [-0.1, -0.05) is 0 Å². The molecule has 0 amide bonds. The molecule has 0 radical (unpaired) electrons. The molecule has 0 aliphatic carbocycles. The van der Waals surface area contributed by atoms with E-state index >= 15 is 0 Å². The molecule has 0 spiro atoms. The van der Waals surface area contributed by atoms with Crippen LogP contribution in [0.25, 0.3) is 0 Å². The molecule has 2 heterocycles. The number of nitrogens with zero attached hydrogens (tertiary/aromatic N) is 3. The van der Waals surface area contributed by atoms with Crippen LogP contribution in [0.4, 0.5) is 0 Å². The van der Waals surface area contributed by atoms with Crippen molar-refractivity contribution >= 4 is 22.6 Å². The lowest BCUT2D eigenvalue weighted by Gasteiger charge is -2.24. The minimum Gasteiger partial charge on any atom is -0.302 e. The van der Waals surface area contributed by atoms with Crippen molar-refractivity contribution in [1.29, 1.82) is 0 Å². The van der Waals surface area contributed by atoms with Crippen molar-refractivity contribution in [2.24, 2.45) is 0 Å². The Balaban J connectivity index is 2.47. The SMILES string of the molecule is Cc1nc(I)nc2c1CN(C)CC2.